The number of likely N-dealkylation sites (tertiary alicyclic amines) is 1. The minimum Gasteiger partial charge on any atom is -0.393 e. The summed E-state index contributed by atoms with van der Waals surface area (Å²) in [6.07, 6.45) is 2.24. The van der Waals surface area contributed by atoms with Crippen molar-refractivity contribution < 1.29 is 14.6 Å². The molecule has 2 amide bonds. The number of carbonyl (C=O) groups is 1. The van der Waals surface area contributed by atoms with E-state index in [1.54, 1.807) is 6.92 Å². The number of hydrogen-bond donors (Lipinski definition) is 2. The van der Waals surface area contributed by atoms with E-state index in [9.17, 15) is 9.90 Å². The summed E-state index contributed by atoms with van der Waals surface area (Å²) >= 11 is 0. The van der Waals surface area contributed by atoms with Crippen molar-refractivity contribution in [2.24, 2.45) is 0 Å². The lowest BCUT2D eigenvalue weighted by Gasteiger charge is -2.26. The number of ether oxygens (including phenoxy) is 1. The van der Waals surface area contributed by atoms with Gasteiger partial charge in [0.2, 0.25) is 0 Å². The molecule has 2 unspecified atom stereocenters. The van der Waals surface area contributed by atoms with Crippen LogP contribution in [0.3, 0.4) is 0 Å². The highest BCUT2D eigenvalue weighted by atomic mass is 16.5. The third-order valence-electron chi connectivity index (χ3n) is 4.22. The van der Waals surface area contributed by atoms with Crippen molar-refractivity contribution in [2.45, 2.75) is 51.5 Å². The summed E-state index contributed by atoms with van der Waals surface area (Å²) in [5.41, 5.74) is 3.16. The van der Waals surface area contributed by atoms with Gasteiger partial charge in [0.15, 0.2) is 0 Å². The summed E-state index contributed by atoms with van der Waals surface area (Å²) in [7, 11) is 0. The van der Waals surface area contributed by atoms with Gasteiger partial charge in [0.1, 0.15) is 0 Å². The first kappa shape index (κ1) is 14.4. The largest absolute Gasteiger partial charge is 0.393 e. The number of aliphatic hydroxyl groups excluding tert-OH is 1. The normalized spacial score (nSPS) is 22.2. The molecule has 0 saturated carbocycles. The van der Waals surface area contributed by atoms with E-state index in [2.05, 4.69) is 5.32 Å². The van der Waals surface area contributed by atoms with Crippen LogP contribution in [0.5, 0.6) is 0 Å². The van der Waals surface area contributed by atoms with E-state index < -0.39 is 0 Å². The molecular formula is C16H22N2O3. The fourth-order valence-electron chi connectivity index (χ4n) is 3.19. The SMILES string of the molecule is CC(O)CC1CCCN1C(=O)Nc1ccc2c(c1)COC2. The first-order valence-electron chi connectivity index (χ1n) is 7.58. The van der Waals surface area contributed by atoms with Crippen LogP contribution in [0.2, 0.25) is 0 Å². The van der Waals surface area contributed by atoms with Crippen LogP contribution >= 0.6 is 0 Å². The Hall–Kier alpha value is -1.59. The number of nitrogens with zero attached hydrogens (tertiary/aromatic N) is 1. The average Bonchev–Trinajstić information content (AvgIpc) is 3.06. The van der Waals surface area contributed by atoms with Gasteiger partial charge >= 0.3 is 6.03 Å². The second-order valence-corrected chi connectivity index (χ2v) is 5.98. The van der Waals surface area contributed by atoms with Crippen LogP contribution in [0.25, 0.3) is 0 Å². The van der Waals surface area contributed by atoms with Crippen LogP contribution in [0, 0.1) is 0 Å². The minimum atomic E-state index is -0.374. The molecule has 2 aliphatic rings. The number of fused-ring (bicyclic) bond motifs is 1. The van der Waals surface area contributed by atoms with E-state index in [-0.39, 0.29) is 18.2 Å². The molecule has 0 bridgehead atoms. The molecule has 2 N–H and O–H groups in total. The van der Waals surface area contributed by atoms with Crippen molar-refractivity contribution in [1.29, 1.82) is 0 Å². The molecule has 3 rings (SSSR count). The van der Waals surface area contributed by atoms with Crippen molar-refractivity contribution >= 4 is 11.7 Å². The Morgan fingerprint density at radius 3 is 3.10 bits per heavy atom. The van der Waals surface area contributed by atoms with Crippen LogP contribution < -0.4 is 5.32 Å². The van der Waals surface area contributed by atoms with Crippen LogP contribution in [0.4, 0.5) is 10.5 Å². The average molecular weight is 290 g/mol. The highest BCUT2D eigenvalue weighted by Crippen LogP contribution is 2.25. The predicted molar refractivity (Wildman–Crippen MR) is 80.0 cm³/mol. The third kappa shape index (κ3) is 3.19. The van der Waals surface area contributed by atoms with Gasteiger partial charge in [0, 0.05) is 18.3 Å². The number of aliphatic hydroxyl groups is 1. The minimum absolute atomic E-state index is 0.0722. The standard InChI is InChI=1S/C16H22N2O3/c1-11(19)7-15-3-2-6-18(15)16(20)17-14-5-4-12-9-21-10-13(12)8-14/h4-5,8,11,15,19H,2-3,6-7,9-10H2,1H3,(H,17,20). The van der Waals surface area contributed by atoms with Gasteiger partial charge in [-0.3, -0.25) is 0 Å². The fraction of sp³-hybridized carbons (Fsp3) is 0.562. The van der Waals surface area contributed by atoms with Crippen LogP contribution in [-0.2, 0) is 18.0 Å². The lowest BCUT2D eigenvalue weighted by molar-refractivity contribution is 0.134. The first-order chi connectivity index (χ1) is 10.1. The molecule has 0 radical (unpaired) electrons. The van der Waals surface area contributed by atoms with Crippen molar-refractivity contribution in [2.75, 3.05) is 11.9 Å². The van der Waals surface area contributed by atoms with E-state index in [1.165, 1.54) is 5.56 Å². The number of amides is 2. The van der Waals surface area contributed by atoms with Crippen LogP contribution in [0.15, 0.2) is 18.2 Å². The van der Waals surface area contributed by atoms with E-state index in [0.717, 1.165) is 30.6 Å². The van der Waals surface area contributed by atoms with Crippen LogP contribution in [0.1, 0.15) is 37.3 Å². The molecule has 114 valence electrons. The molecular weight excluding hydrogens is 268 g/mol. The Labute approximate surface area is 124 Å². The molecule has 1 aromatic carbocycles. The predicted octanol–water partition coefficient (Wildman–Crippen LogP) is 2.48. The number of nitrogens with one attached hydrogen (secondary N) is 1. The Bertz CT molecular complexity index is 530. The lowest BCUT2D eigenvalue weighted by Crippen LogP contribution is -2.40. The van der Waals surface area contributed by atoms with Gasteiger partial charge in [-0.25, -0.2) is 4.79 Å². The maximum absolute atomic E-state index is 12.4. The Kier molecular flexibility index (Phi) is 4.12. The molecule has 2 aliphatic heterocycles. The molecule has 1 fully saturated rings. The van der Waals surface area contributed by atoms with Crippen molar-refractivity contribution in [3.8, 4) is 0 Å². The quantitative estimate of drug-likeness (QED) is 0.899. The van der Waals surface area contributed by atoms with Gasteiger partial charge in [0.25, 0.3) is 0 Å². The van der Waals surface area contributed by atoms with Gasteiger partial charge in [-0.2, -0.15) is 0 Å². The Morgan fingerprint density at radius 1 is 1.48 bits per heavy atom. The van der Waals surface area contributed by atoms with Crippen molar-refractivity contribution in [3.05, 3.63) is 29.3 Å². The molecule has 5 heteroatoms. The third-order valence-corrected chi connectivity index (χ3v) is 4.22. The van der Waals surface area contributed by atoms with E-state index in [0.29, 0.717) is 19.6 Å². The van der Waals surface area contributed by atoms with Gasteiger partial charge < -0.3 is 20.1 Å². The summed E-state index contributed by atoms with van der Waals surface area (Å²) in [6, 6.07) is 5.99. The second kappa shape index (κ2) is 6.03. The Morgan fingerprint density at radius 2 is 2.29 bits per heavy atom. The highest BCUT2D eigenvalue weighted by Gasteiger charge is 2.29. The molecule has 5 nitrogen and oxygen atoms in total. The van der Waals surface area contributed by atoms with Gasteiger partial charge in [-0.1, -0.05) is 6.07 Å². The van der Waals surface area contributed by atoms with Gasteiger partial charge in [0.05, 0.1) is 19.3 Å². The molecule has 2 atom stereocenters. The molecule has 0 aromatic heterocycles. The molecule has 1 saturated heterocycles. The zero-order valence-corrected chi connectivity index (χ0v) is 12.3. The van der Waals surface area contributed by atoms with Crippen molar-refractivity contribution in [1.82, 2.24) is 4.90 Å². The number of rotatable bonds is 3. The molecule has 0 aliphatic carbocycles. The molecule has 1 aromatic rings. The van der Waals surface area contributed by atoms with Crippen molar-refractivity contribution in [3.63, 3.8) is 0 Å². The van der Waals surface area contributed by atoms with E-state index in [1.807, 2.05) is 23.1 Å². The number of carbonyl (C=O) groups excluding carboxylic acids is 1. The first-order valence-corrected chi connectivity index (χ1v) is 7.58. The zero-order valence-electron chi connectivity index (χ0n) is 12.3. The summed E-state index contributed by atoms with van der Waals surface area (Å²) in [6.45, 7) is 3.81. The van der Waals surface area contributed by atoms with Crippen LogP contribution in [-0.4, -0.2) is 34.7 Å². The highest BCUT2D eigenvalue weighted by molar-refractivity contribution is 5.89. The monoisotopic (exact) mass is 290 g/mol. The van der Waals surface area contributed by atoms with E-state index in [4.69, 9.17) is 4.74 Å². The summed E-state index contributed by atoms with van der Waals surface area (Å²) in [5.74, 6) is 0. The Balaban J connectivity index is 1.65. The smallest absolute Gasteiger partial charge is 0.322 e. The summed E-state index contributed by atoms with van der Waals surface area (Å²) < 4.78 is 5.38. The molecule has 2 heterocycles. The summed E-state index contributed by atoms with van der Waals surface area (Å²) in [5, 5.41) is 12.5. The lowest BCUT2D eigenvalue weighted by atomic mass is 10.1. The molecule has 0 spiro atoms. The fourth-order valence-corrected chi connectivity index (χ4v) is 3.19. The number of urea groups is 1. The maximum Gasteiger partial charge on any atom is 0.322 e. The zero-order chi connectivity index (χ0) is 14.8. The number of anilines is 1. The maximum atomic E-state index is 12.4. The van der Waals surface area contributed by atoms with Gasteiger partial charge in [-0.15, -0.1) is 0 Å². The summed E-state index contributed by atoms with van der Waals surface area (Å²) in [4.78, 5) is 14.3. The second-order valence-electron chi connectivity index (χ2n) is 5.98. The number of benzene rings is 1. The number of hydrogen-bond acceptors (Lipinski definition) is 3. The topological polar surface area (TPSA) is 61.8 Å². The van der Waals surface area contributed by atoms with E-state index >= 15 is 0 Å². The molecule has 21 heavy (non-hydrogen) atoms. The van der Waals surface area contributed by atoms with Gasteiger partial charge in [-0.05, 0) is 49.4 Å².